The van der Waals surface area contributed by atoms with Gasteiger partial charge in [0.1, 0.15) is 0 Å². The highest BCUT2D eigenvalue weighted by molar-refractivity contribution is 5.94. The molecule has 1 heterocycles. The molecule has 3 saturated carbocycles. The van der Waals surface area contributed by atoms with Gasteiger partial charge in [-0.1, -0.05) is 19.9 Å². The fourth-order valence-electron chi connectivity index (χ4n) is 8.06. The van der Waals surface area contributed by atoms with E-state index in [4.69, 9.17) is 0 Å². The normalized spacial score (nSPS) is 37.3. The number of nitrogens with one attached hydrogen (secondary N) is 2. The van der Waals surface area contributed by atoms with Crippen molar-refractivity contribution in [2.45, 2.75) is 70.8 Å². The topological polar surface area (TPSA) is 58.2 Å². The standard InChI is InChI=1S/C27H30F6N2O2/c1-24-11-9-17-15(4-8-21-25(17,2)12-10-22(36)35-21)16(24)6-7-19(24)23(37)34-20-13-14(26(28,29)30)3-5-18(20)27(31,32)33/h3,5,10,12-13,15-17,19,21H,4,6-9,11H2,1-2H3,(H,34,37)(H,35,36)/t15-,16-,17+,19?,21+,24-,25+/m0/s1. The molecule has 2 amide bonds. The van der Waals surface area contributed by atoms with E-state index in [0.29, 0.717) is 42.9 Å². The van der Waals surface area contributed by atoms with Gasteiger partial charge < -0.3 is 10.6 Å². The first-order chi connectivity index (χ1) is 17.1. The van der Waals surface area contributed by atoms with E-state index in [1.165, 1.54) is 0 Å². The summed E-state index contributed by atoms with van der Waals surface area (Å²) in [6, 6.07) is 1.18. The van der Waals surface area contributed by atoms with Crippen molar-refractivity contribution in [2.24, 2.45) is 34.5 Å². The van der Waals surface area contributed by atoms with E-state index in [1.807, 2.05) is 13.0 Å². The Balaban J connectivity index is 1.40. The lowest BCUT2D eigenvalue weighted by molar-refractivity contribution is -0.141. The molecule has 3 fully saturated rings. The molecular formula is C27H30F6N2O2. The van der Waals surface area contributed by atoms with Crippen LogP contribution in [0.25, 0.3) is 0 Å². The minimum Gasteiger partial charge on any atom is -0.349 e. The van der Waals surface area contributed by atoms with Gasteiger partial charge in [-0.2, -0.15) is 26.3 Å². The Labute approximate surface area is 211 Å². The number of fused-ring (bicyclic) bond motifs is 5. The first-order valence-electron chi connectivity index (χ1n) is 12.7. The van der Waals surface area contributed by atoms with Gasteiger partial charge in [0.25, 0.3) is 0 Å². The third-order valence-corrected chi connectivity index (χ3v) is 9.91. The maximum absolute atomic E-state index is 13.6. The number of rotatable bonds is 2. The van der Waals surface area contributed by atoms with Gasteiger partial charge in [-0.3, -0.25) is 9.59 Å². The van der Waals surface area contributed by atoms with Crippen LogP contribution in [0.4, 0.5) is 32.0 Å². The van der Waals surface area contributed by atoms with Crippen LogP contribution in [0.1, 0.15) is 63.5 Å². The van der Waals surface area contributed by atoms with Gasteiger partial charge in [0, 0.05) is 17.4 Å². The van der Waals surface area contributed by atoms with Crippen LogP contribution >= 0.6 is 0 Å². The predicted molar refractivity (Wildman–Crippen MR) is 124 cm³/mol. The van der Waals surface area contributed by atoms with Gasteiger partial charge in [0.05, 0.1) is 16.8 Å². The van der Waals surface area contributed by atoms with Crippen LogP contribution in [0.5, 0.6) is 0 Å². The second-order valence-electron chi connectivity index (χ2n) is 11.6. The zero-order chi connectivity index (χ0) is 27.0. The molecule has 1 unspecified atom stereocenters. The van der Waals surface area contributed by atoms with Gasteiger partial charge in [0.2, 0.25) is 11.8 Å². The number of carbonyl (C=O) groups excluding carboxylic acids is 2. The molecular weight excluding hydrogens is 498 g/mol. The Kier molecular flexibility index (Phi) is 5.99. The number of halogens is 6. The van der Waals surface area contributed by atoms with Crippen LogP contribution in [-0.4, -0.2) is 17.9 Å². The summed E-state index contributed by atoms with van der Waals surface area (Å²) in [6.07, 6.45) is -1.73. The summed E-state index contributed by atoms with van der Waals surface area (Å²) in [5.74, 6) is -0.555. The minimum atomic E-state index is -4.91. The highest BCUT2D eigenvalue weighted by Gasteiger charge is 2.61. The quantitative estimate of drug-likeness (QED) is 0.427. The minimum absolute atomic E-state index is 0.0535. The third-order valence-electron chi connectivity index (χ3n) is 9.91. The molecule has 10 heteroatoms. The molecule has 5 rings (SSSR count). The van der Waals surface area contributed by atoms with Crippen LogP contribution in [-0.2, 0) is 21.9 Å². The maximum atomic E-state index is 13.6. The summed E-state index contributed by atoms with van der Waals surface area (Å²) in [5.41, 5.74) is -4.06. The number of carbonyl (C=O) groups is 2. The second kappa shape index (κ2) is 8.50. The van der Waals surface area contributed by atoms with Crippen molar-refractivity contribution in [3.05, 3.63) is 41.5 Å². The van der Waals surface area contributed by atoms with E-state index in [-0.39, 0.29) is 23.3 Å². The molecule has 2 N–H and O–H groups in total. The average molecular weight is 529 g/mol. The van der Waals surface area contributed by atoms with Crippen molar-refractivity contribution >= 4 is 17.5 Å². The van der Waals surface area contributed by atoms with Crippen molar-refractivity contribution in [3.63, 3.8) is 0 Å². The molecule has 0 saturated heterocycles. The van der Waals surface area contributed by atoms with Crippen molar-refractivity contribution in [3.8, 4) is 0 Å². The molecule has 0 aromatic heterocycles. The molecule has 1 aromatic carbocycles. The Morgan fingerprint density at radius 2 is 1.70 bits per heavy atom. The van der Waals surface area contributed by atoms with E-state index >= 15 is 0 Å². The van der Waals surface area contributed by atoms with E-state index < -0.39 is 46.4 Å². The van der Waals surface area contributed by atoms with E-state index in [0.717, 1.165) is 25.7 Å². The third kappa shape index (κ3) is 4.24. The van der Waals surface area contributed by atoms with E-state index in [9.17, 15) is 35.9 Å². The number of benzene rings is 1. The van der Waals surface area contributed by atoms with Crippen LogP contribution in [0.15, 0.2) is 30.4 Å². The summed E-state index contributed by atoms with van der Waals surface area (Å²) in [4.78, 5) is 25.3. The van der Waals surface area contributed by atoms with Gasteiger partial charge in [-0.25, -0.2) is 0 Å². The van der Waals surface area contributed by atoms with E-state index in [2.05, 4.69) is 17.6 Å². The largest absolute Gasteiger partial charge is 0.418 e. The molecule has 202 valence electrons. The monoisotopic (exact) mass is 528 g/mol. The number of amides is 2. The summed E-state index contributed by atoms with van der Waals surface area (Å²) in [6.45, 7) is 4.17. The molecule has 0 bridgehead atoms. The number of hydrogen-bond acceptors (Lipinski definition) is 2. The lowest BCUT2D eigenvalue weighted by Crippen LogP contribution is -2.59. The zero-order valence-corrected chi connectivity index (χ0v) is 20.6. The maximum Gasteiger partial charge on any atom is 0.418 e. The average Bonchev–Trinajstić information content (AvgIpc) is 3.15. The summed E-state index contributed by atoms with van der Waals surface area (Å²) < 4.78 is 80.4. The zero-order valence-electron chi connectivity index (χ0n) is 20.6. The second-order valence-corrected chi connectivity index (χ2v) is 11.6. The first-order valence-corrected chi connectivity index (χ1v) is 12.7. The van der Waals surface area contributed by atoms with Crippen LogP contribution in [0.3, 0.4) is 0 Å². The molecule has 37 heavy (non-hydrogen) atoms. The van der Waals surface area contributed by atoms with Crippen molar-refractivity contribution in [2.75, 3.05) is 5.32 Å². The Hall–Kier alpha value is -2.52. The molecule has 3 aliphatic carbocycles. The summed E-state index contributed by atoms with van der Waals surface area (Å²) in [5, 5.41) is 5.33. The molecule has 7 atom stereocenters. The molecule has 1 aliphatic heterocycles. The van der Waals surface area contributed by atoms with Crippen molar-refractivity contribution < 1.29 is 35.9 Å². The van der Waals surface area contributed by atoms with Gasteiger partial charge in [-0.05, 0) is 86.0 Å². The van der Waals surface area contributed by atoms with Gasteiger partial charge in [0.15, 0.2) is 0 Å². The van der Waals surface area contributed by atoms with Crippen LogP contribution < -0.4 is 10.6 Å². The molecule has 0 spiro atoms. The van der Waals surface area contributed by atoms with Crippen molar-refractivity contribution in [1.82, 2.24) is 5.32 Å². The number of anilines is 1. The molecule has 1 aromatic rings. The number of hydrogen-bond donors (Lipinski definition) is 2. The highest BCUT2D eigenvalue weighted by Crippen LogP contribution is 2.65. The van der Waals surface area contributed by atoms with Crippen molar-refractivity contribution in [1.29, 1.82) is 0 Å². The number of alkyl halides is 6. The first kappa shape index (κ1) is 26.1. The van der Waals surface area contributed by atoms with Crippen LogP contribution in [0, 0.1) is 34.5 Å². The lowest BCUT2D eigenvalue weighted by Gasteiger charge is -2.58. The van der Waals surface area contributed by atoms with Gasteiger partial charge >= 0.3 is 12.4 Å². The summed E-state index contributed by atoms with van der Waals surface area (Å²) in [7, 11) is 0. The highest BCUT2D eigenvalue weighted by atomic mass is 19.4. The van der Waals surface area contributed by atoms with Gasteiger partial charge in [-0.15, -0.1) is 0 Å². The summed E-state index contributed by atoms with van der Waals surface area (Å²) >= 11 is 0. The Morgan fingerprint density at radius 1 is 0.973 bits per heavy atom. The molecule has 0 radical (unpaired) electrons. The van der Waals surface area contributed by atoms with E-state index in [1.54, 1.807) is 6.08 Å². The Morgan fingerprint density at radius 3 is 2.38 bits per heavy atom. The fourth-order valence-corrected chi connectivity index (χ4v) is 8.06. The predicted octanol–water partition coefficient (Wildman–Crippen LogP) is 6.58. The smallest absolute Gasteiger partial charge is 0.349 e. The lowest BCUT2D eigenvalue weighted by atomic mass is 9.48. The SMILES string of the molecule is C[C@]12C=CC(=O)N[C@@H]1CC[C@@H]1[C@H]2CC[C@]2(C)C(C(=O)Nc3cc(C(F)(F)F)ccc3C(F)(F)F)CC[C@@H]12. The molecule has 4 aliphatic rings. The molecule has 4 nitrogen and oxygen atoms in total. The fraction of sp³-hybridized carbons (Fsp3) is 0.630. The Bertz CT molecular complexity index is 1140. The van der Waals surface area contributed by atoms with Crippen LogP contribution in [0.2, 0.25) is 0 Å².